The van der Waals surface area contributed by atoms with Crippen molar-refractivity contribution in [2.24, 2.45) is 7.05 Å². The predicted octanol–water partition coefficient (Wildman–Crippen LogP) is 3.28. The number of aromatic nitrogens is 2. The fourth-order valence-electron chi connectivity index (χ4n) is 1.87. The predicted molar refractivity (Wildman–Crippen MR) is 77.9 cm³/mol. The van der Waals surface area contributed by atoms with E-state index in [0.29, 0.717) is 10.8 Å². The topological polar surface area (TPSA) is 64.4 Å². The molecule has 0 amide bonds. The van der Waals surface area contributed by atoms with E-state index in [9.17, 15) is 4.79 Å². The fraction of sp³-hybridized carbons (Fsp3) is 0.385. The Bertz CT molecular complexity index is 648. The number of ether oxygens (including phenoxy) is 1. The van der Waals surface area contributed by atoms with E-state index in [0.717, 1.165) is 22.7 Å². The number of aromatic carboxylic acids is 1. The highest BCUT2D eigenvalue weighted by Gasteiger charge is 2.18. The number of hydrogen-bond donors (Lipinski definition) is 1. The summed E-state index contributed by atoms with van der Waals surface area (Å²) in [5, 5.41) is 14.0. The summed E-state index contributed by atoms with van der Waals surface area (Å²) in [5.41, 5.74) is 1.55. The number of hydrogen-bond acceptors (Lipinski definition) is 4. The lowest BCUT2D eigenvalue weighted by Gasteiger charge is -2.06. The Labute approximate surface area is 125 Å². The fourth-order valence-corrected chi connectivity index (χ4v) is 3.01. The summed E-state index contributed by atoms with van der Waals surface area (Å²) < 4.78 is 7.28. The molecule has 0 atom stereocenters. The van der Waals surface area contributed by atoms with Crippen molar-refractivity contribution in [3.63, 3.8) is 0 Å². The maximum atomic E-state index is 11.1. The zero-order valence-electron chi connectivity index (χ0n) is 11.4. The van der Waals surface area contributed by atoms with Crippen molar-refractivity contribution >= 4 is 28.9 Å². The first-order chi connectivity index (χ1) is 9.43. The summed E-state index contributed by atoms with van der Waals surface area (Å²) in [6, 6.07) is 1.72. The lowest BCUT2D eigenvalue weighted by Crippen LogP contribution is -2.05. The summed E-state index contributed by atoms with van der Waals surface area (Å²) in [7, 11) is 1.79. The third-order valence-electron chi connectivity index (χ3n) is 2.88. The minimum absolute atomic E-state index is 0.193. The van der Waals surface area contributed by atoms with Gasteiger partial charge in [0.15, 0.2) is 4.88 Å². The first kappa shape index (κ1) is 14.9. The first-order valence-electron chi connectivity index (χ1n) is 6.10. The SMILES string of the molecule is CCc1nn(C)c(COc2cc(C)sc2C(=O)O)c1Cl. The Morgan fingerprint density at radius 3 is 2.85 bits per heavy atom. The van der Waals surface area contributed by atoms with Crippen molar-refractivity contribution in [1.82, 2.24) is 9.78 Å². The molecule has 0 aliphatic heterocycles. The van der Waals surface area contributed by atoms with Crippen LogP contribution in [0.25, 0.3) is 0 Å². The summed E-state index contributed by atoms with van der Waals surface area (Å²) in [4.78, 5) is 12.2. The van der Waals surface area contributed by atoms with E-state index >= 15 is 0 Å². The molecule has 0 bridgehead atoms. The molecule has 0 aliphatic rings. The Kier molecular flexibility index (Phi) is 4.35. The van der Waals surface area contributed by atoms with E-state index in [1.165, 1.54) is 11.3 Å². The van der Waals surface area contributed by atoms with E-state index in [1.807, 2.05) is 13.8 Å². The summed E-state index contributed by atoms with van der Waals surface area (Å²) in [6.45, 7) is 4.01. The van der Waals surface area contributed by atoms with Crippen LogP contribution in [0.1, 0.15) is 32.9 Å². The lowest BCUT2D eigenvalue weighted by atomic mass is 10.3. The van der Waals surface area contributed by atoms with Gasteiger partial charge in [-0.1, -0.05) is 18.5 Å². The Morgan fingerprint density at radius 1 is 1.60 bits per heavy atom. The Hall–Kier alpha value is -1.53. The highest BCUT2D eigenvalue weighted by molar-refractivity contribution is 7.14. The number of aryl methyl sites for hydroxylation is 3. The Morgan fingerprint density at radius 2 is 2.30 bits per heavy atom. The molecule has 108 valence electrons. The van der Waals surface area contributed by atoms with E-state index < -0.39 is 5.97 Å². The largest absolute Gasteiger partial charge is 0.485 e. The van der Waals surface area contributed by atoms with Gasteiger partial charge in [0.2, 0.25) is 0 Å². The van der Waals surface area contributed by atoms with Crippen LogP contribution in [-0.2, 0) is 20.1 Å². The molecule has 5 nitrogen and oxygen atoms in total. The second-order valence-electron chi connectivity index (χ2n) is 4.33. The molecule has 0 saturated heterocycles. The molecule has 0 fully saturated rings. The van der Waals surface area contributed by atoms with Crippen LogP contribution in [0.4, 0.5) is 0 Å². The summed E-state index contributed by atoms with van der Waals surface area (Å²) in [6.07, 6.45) is 0.741. The molecule has 1 N–H and O–H groups in total. The lowest BCUT2D eigenvalue weighted by molar-refractivity contribution is 0.0697. The number of thiophene rings is 1. The van der Waals surface area contributed by atoms with Crippen LogP contribution in [-0.4, -0.2) is 20.9 Å². The summed E-state index contributed by atoms with van der Waals surface area (Å²) in [5.74, 6) is -0.612. The zero-order chi connectivity index (χ0) is 14.9. The van der Waals surface area contributed by atoms with Gasteiger partial charge in [0.05, 0.1) is 16.4 Å². The zero-order valence-corrected chi connectivity index (χ0v) is 13.0. The van der Waals surface area contributed by atoms with Gasteiger partial charge in [-0.05, 0) is 19.4 Å². The first-order valence-corrected chi connectivity index (χ1v) is 7.30. The molecule has 0 aromatic carbocycles. The number of nitrogens with zero attached hydrogens (tertiary/aromatic N) is 2. The van der Waals surface area contributed by atoms with Crippen LogP contribution in [0.15, 0.2) is 6.07 Å². The molecule has 7 heteroatoms. The van der Waals surface area contributed by atoms with Crippen molar-refractivity contribution < 1.29 is 14.6 Å². The van der Waals surface area contributed by atoms with E-state index in [4.69, 9.17) is 21.4 Å². The normalized spacial score (nSPS) is 10.8. The van der Waals surface area contributed by atoms with Gasteiger partial charge >= 0.3 is 5.97 Å². The maximum Gasteiger partial charge on any atom is 0.349 e. The third kappa shape index (κ3) is 2.81. The van der Waals surface area contributed by atoms with Gasteiger partial charge < -0.3 is 9.84 Å². The molecule has 20 heavy (non-hydrogen) atoms. The molecule has 2 heterocycles. The van der Waals surface area contributed by atoms with Gasteiger partial charge in [-0.2, -0.15) is 5.10 Å². The molecule has 0 saturated carbocycles. The van der Waals surface area contributed by atoms with E-state index in [1.54, 1.807) is 17.8 Å². The monoisotopic (exact) mass is 314 g/mol. The number of halogens is 1. The van der Waals surface area contributed by atoms with Crippen LogP contribution in [0, 0.1) is 6.92 Å². The van der Waals surface area contributed by atoms with Crippen LogP contribution in [0.5, 0.6) is 5.75 Å². The molecular weight excluding hydrogens is 300 g/mol. The highest BCUT2D eigenvalue weighted by Crippen LogP contribution is 2.30. The highest BCUT2D eigenvalue weighted by atomic mass is 35.5. The van der Waals surface area contributed by atoms with Crippen molar-refractivity contribution in [3.05, 3.63) is 32.2 Å². The maximum absolute atomic E-state index is 11.1. The molecule has 0 radical (unpaired) electrons. The minimum Gasteiger partial charge on any atom is -0.485 e. The van der Waals surface area contributed by atoms with Crippen molar-refractivity contribution in [1.29, 1.82) is 0 Å². The minimum atomic E-state index is -0.983. The molecule has 0 aliphatic carbocycles. The van der Waals surface area contributed by atoms with Gasteiger partial charge in [-0.3, -0.25) is 4.68 Å². The summed E-state index contributed by atoms with van der Waals surface area (Å²) >= 11 is 7.42. The number of carbonyl (C=O) groups is 1. The molecule has 0 unspecified atom stereocenters. The van der Waals surface area contributed by atoms with Gasteiger partial charge in [-0.25, -0.2) is 4.79 Å². The number of carboxylic acids is 1. The van der Waals surface area contributed by atoms with Crippen LogP contribution >= 0.6 is 22.9 Å². The molecular formula is C13H15ClN2O3S. The average molecular weight is 315 g/mol. The van der Waals surface area contributed by atoms with Crippen molar-refractivity contribution in [2.75, 3.05) is 0 Å². The van der Waals surface area contributed by atoms with Crippen molar-refractivity contribution in [3.8, 4) is 5.75 Å². The standard InChI is InChI=1S/C13H15ClN2O3S/c1-4-8-11(14)9(16(3)15-8)6-19-10-5-7(2)20-12(10)13(17)18/h5H,4,6H2,1-3H3,(H,17,18). The third-order valence-corrected chi connectivity index (χ3v) is 4.34. The van der Waals surface area contributed by atoms with Gasteiger partial charge in [-0.15, -0.1) is 11.3 Å². The molecule has 2 aromatic heterocycles. The van der Waals surface area contributed by atoms with Gasteiger partial charge in [0.25, 0.3) is 0 Å². The van der Waals surface area contributed by atoms with E-state index in [2.05, 4.69) is 5.10 Å². The van der Waals surface area contributed by atoms with Crippen LogP contribution < -0.4 is 4.74 Å². The van der Waals surface area contributed by atoms with Crippen LogP contribution in [0.3, 0.4) is 0 Å². The van der Waals surface area contributed by atoms with Crippen LogP contribution in [0.2, 0.25) is 5.02 Å². The molecule has 0 spiro atoms. The second kappa shape index (κ2) is 5.85. The number of rotatable bonds is 5. The average Bonchev–Trinajstić information content (AvgIpc) is 2.88. The van der Waals surface area contributed by atoms with Gasteiger partial charge in [0, 0.05) is 11.9 Å². The Balaban J connectivity index is 2.21. The smallest absolute Gasteiger partial charge is 0.349 e. The van der Waals surface area contributed by atoms with E-state index in [-0.39, 0.29) is 11.5 Å². The molecule has 2 aromatic rings. The second-order valence-corrected chi connectivity index (χ2v) is 5.96. The quantitative estimate of drug-likeness (QED) is 0.919. The van der Waals surface area contributed by atoms with Crippen molar-refractivity contribution in [2.45, 2.75) is 26.9 Å². The van der Waals surface area contributed by atoms with Gasteiger partial charge in [0.1, 0.15) is 12.4 Å². The molecule has 2 rings (SSSR count). The number of carboxylic acid groups (broad SMARTS) is 1.